The second-order valence-corrected chi connectivity index (χ2v) is 10.5. The molecular weight excluding hydrogens is 497 g/mol. The molecule has 3 N–H and O–H groups in total. The number of nitrogens with zero attached hydrogens (tertiary/aromatic N) is 2. The number of aliphatic imine (C=N–C) groups is 1. The second kappa shape index (κ2) is 9.95. The Morgan fingerprint density at radius 1 is 1.21 bits per heavy atom. The van der Waals surface area contributed by atoms with Crippen molar-refractivity contribution in [2.45, 2.75) is 63.5 Å². The van der Waals surface area contributed by atoms with Crippen LogP contribution in [0.4, 0.5) is 13.2 Å². The molecule has 2 aromatic rings. The van der Waals surface area contributed by atoms with Crippen LogP contribution in [-0.2, 0) is 21.2 Å². The third-order valence-corrected chi connectivity index (χ3v) is 7.43. The summed E-state index contributed by atoms with van der Waals surface area (Å²) in [5.41, 5.74) is 3.92. The maximum absolute atomic E-state index is 13.9. The fourth-order valence-corrected chi connectivity index (χ4v) is 5.52. The van der Waals surface area contributed by atoms with E-state index in [1.807, 2.05) is 19.9 Å². The van der Waals surface area contributed by atoms with Gasteiger partial charge in [-0.25, -0.2) is 0 Å². The molecule has 0 spiro atoms. The maximum Gasteiger partial charge on any atom is 0.417 e. The number of benzene rings is 2. The van der Waals surface area contributed by atoms with Gasteiger partial charge in [0, 0.05) is 31.6 Å². The summed E-state index contributed by atoms with van der Waals surface area (Å²) < 4.78 is 54.0. The number of fused-ring (bicyclic) bond motifs is 1. The predicted octanol–water partition coefficient (Wildman–Crippen LogP) is 4.92. The zero-order valence-corrected chi connectivity index (χ0v) is 21.8. The fourth-order valence-electron chi connectivity index (χ4n) is 5.52. The number of rotatable bonds is 4. The van der Waals surface area contributed by atoms with Gasteiger partial charge in [-0.2, -0.15) is 18.4 Å². The van der Waals surface area contributed by atoms with Crippen LogP contribution in [0.3, 0.4) is 0 Å². The topological polar surface area (TPSA) is 110 Å². The van der Waals surface area contributed by atoms with Gasteiger partial charge in [-0.1, -0.05) is 6.07 Å². The van der Waals surface area contributed by atoms with Crippen LogP contribution in [0.15, 0.2) is 41.4 Å². The normalized spacial score (nSPS) is 25.1. The van der Waals surface area contributed by atoms with Crippen LogP contribution < -0.4 is 15.8 Å². The molecule has 0 amide bonds. The van der Waals surface area contributed by atoms with E-state index in [-0.39, 0.29) is 52.5 Å². The number of ether oxygens (including phenoxy) is 2. The number of nitrogens with two attached hydrogens (primary N) is 1. The van der Waals surface area contributed by atoms with Crippen LogP contribution >= 0.6 is 0 Å². The second-order valence-electron chi connectivity index (χ2n) is 10.5. The lowest BCUT2D eigenvalue weighted by molar-refractivity contribution is -0.137. The van der Waals surface area contributed by atoms with Crippen LogP contribution in [0, 0.1) is 17.2 Å². The van der Waals surface area contributed by atoms with Crippen molar-refractivity contribution in [2.75, 3.05) is 13.7 Å². The van der Waals surface area contributed by atoms with Gasteiger partial charge < -0.3 is 20.5 Å². The Kier molecular flexibility index (Phi) is 7.19. The molecular formula is C28H31F3N4O3. The highest BCUT2D eigenvalue weighted by Crippen LogP contribution is 2.47. The molecule has 7 nitrogen and oxygen atoms in total. The first-order chi connectivity index (χ1) is 17.8. The minimum Gasteiger partial charge on any atom is -0.490 e. The van der Waals surface area contributed by atoms with E-state index in [1.54, 1.807) is 6.07 Å². The summed E-state index contributed by atoms with van der Waals surface area (Å²) in [4.78, 5) is 17.4. The van der Waals surface area contributed by atoms with Crippen molar-refractivity contribution >= 4 is 11.7 Å². The van der Waals surface area contributed by atoms with Crippen molar-refractivity contribution in [3.05, 3.63) is 53.1 Å². The summed E-state index contributed by atoms with van der Waals surface area (Å²) in [5, 5.41) is 12.4. The molecule has 4 rings (SSSR count). The number of carbonyl (C=O) groups is 1. The molecule has 38 heavy (non-hydrogen) atoms. The van der Waals surface area contributed by atoms with Crippen molar-refractivity contribution in [1.82, 2.24) is 5.32 Å². The Morgan fingerprint density at radius 3 is 2.55 bits per heavy atom. The van der Waals surface area contributed by atoms with Crippen molar-refractivity contribution in [1.29, 1.82) is 5.26 Å². The molecule has 2 aliphatic heterocycles. The number of alkyl halides is 3. The first kappa shape index (κ1) is 27.5. The third-order valence-electron chi connectivity index (χ3n) is 7.43. The van der Waals surface area contributed by atoms with Gasteiger partial charge in [-0.05, 0) is 75.1 Å². The molecule has 0 aliphatic carbocycles. The number of Topliss-reactive ketones (excluding diaryl/α,β-unsaturated/α-hetero) is 1. The Bertz CT molecular complexity index is 1320. The Balaban J connectivity index is 1.89. The summed E-state index contributed by atoms with van der Waals surface area (Å²) in [6.07, 6.45) is -3.36. The van der Waals surface area contributed by atoms with Gasteiger partial charge in [0.15, 0.2) is 11.7 Å². The number of ketones is 1. The lowest BCUT2D eigenvalue weighted by Gasteiger charge is -2.46. The first-order valence-corrected chi connectivity index (χ1v) is 12.4. The summed E-state index contributed by atoms with van der Waals surface area (Å²) in [6, 6.07) is 9.74. The summed E-state index contributed by atoms with van der Waals surface area (Å²) in [5.74, 6) is 0.206. The van der Waals surface area contributed by atoms with E-state index in [4.69, 9.17) is 15.2 Å². The molecule has 3 unspecified atom stereocenters. The van der Waals surface area contributed by atoms with E-state index in [9.17, 15) is 23.2 Å². The molecule has 2 heterocycles. The zero-order valence-electron chi connectivity index (χ0n) is 21.8. The zero-order chi connectivity index (χ0) is 27.9. The highest BCUT2D eigenvalue weighted by atomic mass is 19.4. The summed E-state index contributed by atoms with van der Waals surface area (Å²) in [6.45, 7) is 5.99. The van der Waals surface area contributed by atoms with Crippen molar-refractivity contribution in [3.8, 4) is 22.9 Å². The van der Waals surface area contributed by atoms with E-state index >= 15 is 0 Å². The SMILES string of the molecule is CN=C(N)NC1(C(C)=O)CC(C2CCOC(C)(C)C2)Oc2ccc(-c3cc(C#N)ccc3C(F)(F)F)cc21. The number of guanidine groups is 1. The molecule has 0 saturated carbocycles. The Hall–Kier alpha value is -3.58. The first-order valence-electron chi connectivity index (χ1n) is 12.4. The number of nitrogens with one attached hydrogen (secondary N) is 1. The van der Waals surface area contributed by atoms with Gasteiger partial charge in [0.1, 0.15) is 17.4 Å². The molecule has 2 aliphatic rings. The smallest absolute Gasteiger partial charge is 0.417 e. The van der Waals surface area contributed by atoms with E-state index in [1.165, 1.54) is 32.2 Å². The van der Waals surface area contributed by atoms with Gasteiger partial charge in [0.05, 0.1) is 22.8 Å². The van der Waals surface area contributed by atoms with Gasteiger partial charge in [0.25, 0.3) is 0 Å². The van der Waals surface area contributed by atoms with Crippen LogP contribution in [0.5, 0.6) is 5.75 Å². The van der Waals surface area contributed by atoms with Crippen molar-refractivity contribution < 1.29 is 27.4 Å². The number of carbonyl (C=O) groups excluding carboxylic acids is 1. The minimum atomic E-state index is -4.65. The number of hydrogen-bond acceptors (Lipinski definition) is 5. The molecule has 1 fully saturated rings. The highest BCUT2D eigenvalue weighted by Gasteiger charge is 2.49. The van der Waals surface area contributed by atoms with Gasteiger partial charge in [-0.3, -0.25) is 9.79 Å². The van der Waals surface area contributed by atoms with Crippen LogP contribution in [0.25, 0.3) is 11.1 Å². The van der Waals surface area contributed by atoms with Gasteiger partial charge in [0.2, 0.25) is 0 Å². The molecule has 0 bridgehead atoms. The van der Waals surface area contributed by atoms with Crippen molar-refractivity contribution in [2.24, 2.45) is 16.6 Å². The van der Waals surface area contributed by atoms with E-state index in [0.29, 0.717) is 24.3 Å². The molecule has 0 aromatic heterocycles. The number of halogens is 3. The fraction of sp³-hybridized carbons (Fsp3) is 0.464. The average molecular weight is 529 g/mol. The molecule has 10 heteroatoms. The summed E-state index contributed by atoms with van der Waals surface area (Å²) in [7, 11) is 1.48. The van der Waals surface area contributed by atoms with Crippen LogP contribution in [0.1, 0.15) is 56.7 Å². The van der Waals surface area contributed by atoms with E-state index in [0.717, 1.165) is 18.6 Å². The standard InChI is InChI=1S/C28H31F3N4O3/c1-16(36)27(35-25(33)34-4)14-24(19-9-10-37-26(2,3)13-19)38-23-8-6-18(12-22(23)27)20-11-17(15-32)5-7-21(20)28(29,30)31/h5-8,11-12,19,24H,9-10,13-14H2,1-4H3,(H3,33,34,35). The molecule has 202 valence electrons. The molecule has 1 saturated heterocycles. The Labute approximate surface area is 219 Å². The van der Waals surface area contributed by atoms with E-state index in [2.05, 4.69) is 10.3 Å². The van der Waals surface area contributed by atoms with Gasteiger partial charge in [-0.15, -0.1) is 0 Å². The van der Waals surface area contributed by atoms with Crippen molar-refractivity contribution in [3.63, 3.8) is 0 Å². The van der Waals surface area contributed by atoms with Crippen LogP contribution in [-0.4, -0.2) is 37.1 Å². The molecule has 2 aromatic carbocycles. The monoisotopic (exact) mass is 528 g/mol. The summed E-state index contributed by atoms with van der Waals surface area (Å²) >= 11 is 0. The predicted molar refractivity (Wildman–Crippen MR) is 136 cm³/mol. The molecule has 0 radical (unpaired) electrons. The van der Waals surface area contributed by atoms with E-state index < -0.39 is 17.3 Å². The van der Waals surface area contributed by atoms with Gasteiger partial charge >= 0.3 is 6.18 Å². The third kappa shape index (κ3) is 5.20. The highest BCUT2D eigenvalue weighted by molar-refractivity contribution is 5.94. The lowest BCUT2D eigenvalue weighted by atomic mass is 9.73. The Morgan fingerprint density at radius 2 is 1.95 bits per heavy atom. The number of nitriles is 1. The largest absolute Gasteiger partial charge is 0.490 e. The maximum atomic E-state index is 13.9. The average Bonchev–Trinajstić information content (AvgIpc) is 2.86. The lowest BCUT2D eigenvalue weighted by Crippen LogP contribution is -2.58. The minimum absolute atomic E-state index is 0.0203. The number of hydrogen-bond donors (Lipinski definition) is 2. The van der Waals surface area contributed by atoms with Crippen LogP contribution in [0.2, 0.25) is 0 Å². The quantitative estimate of drug-likeness (QED) is 0.431. The molecule has 3 atom stereocenters.